The Morgan fingerprint density at radius 3 is 2.90 bits per heavy atom. The molecule has 3 aromatic rings. The Balaban J connectivity index is 1.41. The minimum absolute atomic E-state index is 0.0853. The Morgan fingerprint density at radius 2 is 2.13 bits per heavy atom. The van der Waals surface area contributed by atoms with Crippen LogP contribution in [0, 0.1) is 0 Å². The molecule has 0 bridgehead atoms. The van der Waals surface area contributed by atoms with E-state index in [1.165, 1.54) is 12.1 Å². The van der Waals surface area contributed by atoms with Crippen LogP contribution < -0.4 is 20.9 Å². The first-order valence-corrected chi connectivity index (χ1v) is 10.3. The van der Waals surface area contributed by atoms with Gasteiger partial charge in [-0.3, -0.25) is 10.1 Å². The molecule has 4 N–H and O–H groups in total. The molecule has 162 valence electrons. The van der Waals surface area contributed by atoms with Gasteiger partial charge in [0.25, 0.3) is 5.91 Å². The summed E-state index contributed by atoms with van der Waals surface area (Å²) in [5.41, 5.74) is 0.797. The summed E-state index contributed by atoms with van der Waals surface area (Å²) in [6.45, 7) is 3.65. The summed E-state index contributed by atoms with van der Waals surface area (Å²) in [7, 11) is 0. The summed E-state index contributed by atoms with van der Waals surface area (Å²) in [6, 6.07) is 7.68. The lowest BCUT2D eigenvalue weighted by Crippen LogP contribution is -2.37. The number of fused-ring (bicyclic) bond motifs is 1. The fourth-order valence-corrected chi connectivity index (χ4v) is 3.63. The van der Waals surface area contributed by atoms with E-state index in [0.717, 1.165) is 18.8 Å². The summed E-state index contributed by atoms with van der Waals surface area (Å²) in [5.74, 6) is 0.648. The number of carbonyl (C=O) groups excluding carboxylic acids is 2. The number of halogens is 1. The molecule has 0 radical (unpaired) electrons. The summed E-state index contributed by atoms with van der Waals surface area (Å²) >= 11 is 5.83. The lowest BCUT2D eigenvalue weighted by atomic mass is 10.1. The smallest absolute Gasteiger partial charge is 0.320 e. The van der Waals surface area contributed by atoms with Gasteiger partial charge in [0.05, 0.1) is 11.8 Å². The number of rotatable bonds is 5. The molecule has 1 aliphatic heterocycles. The lowest BCUT2D eigenvalue weighted by Gasteiger charge is -2.18. The SMILES string of the molecule is CCNC(=O)Nc1cn2nc(N3CC[C@H](NC(=O)c4ccc(Cl)cc4O)C3)ccc2n1. The van der Waals surface area contributed by atoms with Crippen molar-refractivity contribution < 1.29 is 14.7 Å². The molecule has 1 aromatic carbocycles. The molecule has 1 aliphatic rings. The Kier molecular flexibility index (Phi) is 5.81. The third kappa shape index (κ3) is 4.64. The van der Waals surface area contributed by atoms with E-state index < -0.39 is 0 Å². The number of phenolic OH excluding ortho intramolecular Hbond substituents is 1. The number of benzene rings is 1. The minimum atomic E-state index is -0.347. The standard InChI is InChI=1S/C20H22ClN7O3/c1-2-22-20(31)25-16-11-28-17(24-16)5-6-18(26-28)27-8-7-13(10-27)23-19(30)14-4-3-12(21)9-15(14)29/h3-6,9,11,13,29H,2,7-8,10H2,1H3,(H,23,30)(H2,22,25,31)/t13-/m0/s1. The number of hydrogen-bond acceptors (Lipinski definition) is 6. The molecular weight excluding hydrogens is 422 g/mol. The van der Waals surface area contributed by atoms with Crippen LogP contribution >= 0.6 is 11.6 Å². The average Bonchev–Trinajstić information content (AvgIpc) is 3.33. The number of imidazole rings is 1. The Labute approximate surface area is 183 Å². The molecule has 4 rings (SSSR count). The van der Waals surface area contributed by atoms with Crippen molar-refractivity contribution in [2.75, 3.05) is 29.9 Å². The number of anilines is 2. The van der Waals surface area contributed by atoms with Crippen LogP contribution in [-0.2, 0) is 0 Å². The van der Waals surface area contributed by atoms with Crippen molar-refractivity contribution >= 4 is 40.8 Å². The molecule has 1 fully saturated rings. The summed E-state index contributed by atoms with van der Waals surface area (Å²) in [4.78, 5) is 30.5. The molecule has 3 amide bonds. The van der Waals surface area contributed by atoms with E-state index in [0.29, 0.717) is 29.6 Å². The molecule has 3 heterocycles. The molecule has 0 unspecified atom stereocenters. The van der Waals surface area contributed by atoms with Gasteiger partial charge in [-0.1, -0.05) is 11.6 Å². The number of urea groups is 1. The van der Waals surface area contributed by atoms with Crippen molar-refractivity contribution in [2.45, 2.75) is 19.4 Å². The van der Waals surface area contributed by atoms with Gasteiger partial charge in [-0.15, -0.1) is 5.10 Å². The minimum Gasteiger partial charge on any atom is -0.507 e. The normalized spacial score (nSPS) is 15.8. The van der Waals surface area contributed by atoms with Crippen molar-refractivity contribution in [1.82, 2.24) is 25.2 Å². The van der Waals surface area contributed by atoms with Crippen molar-refractivity contribution in [3.63, 3.8) is 0 Å². The van der Waals surface area contributed by atoms with Gasteiger partial charge in [-0.2, -0.15) is 0 Å². The number of nitrogens with zero attached hydrogens (tertiary/aromatic N) is 4. The number of aromatic hydroxyl groups is 1. The maximum atomic E-state index is 12.5. The van der Waals surface area contributed by atoms with Gasteiger partial charge >= 0.3 is 6.03 Å². The van der Waals surface area contributed by atoms with Crippen LogP contribution in [0.25, 0.3) is 5.65 Å². The van der Waals surface area contributed by atoms with E-state index in [4.69, 9.17) is 11.6 Å². The lowest BCUT2D eigenvalue weighted by molar-refractivity contribution is 0.0937. The van der Waals surface area contributed by atoms with Gasteiger partial charge in [0.1, 0.15) is 11.6 Å². The van der Waals surface area contributed by atoms with Crippen LogP contribution in [0.15, 0.2) is 36.5 Å². The molecule has 0 spiro atoms. The van der Waals surface area contributed by atoms with Gasteiger partial charge in [0.2, 0.25) is 0 Å². The van der Waals surface area contributed by atoms with Crippen molar-refractivity contribution in [1.29, 1.82) is 0 Å². The first kappa shape index (κ1) is 20.7. The first-order valence-electron chi connectivity index (χ1n) is 9.88. The highest BCUT2D eigenvalue weighted by Crippen LogP contribution is 2.23. The zero-order valence-corrected chi connectivity index (χ0v) is 17.6. The fourth-order valence-electron chi connectivity index (χ4n) is 3.47. The second-order valence-electron chi connectivity index (χ2n) is 7.17. The number of amides is 3. The van der Waals surface area contributed by atoms with E-state index in [1.54, 1.807) is 16.8 Å². The van der Waals surface area contributed by atoms with Crippen LogP contribution in [0.3, 0.4) is 0 Å². The van der Waals surface area contributed by atoms with Crippen LogP contribution in [0.1, 0.15) is 23.7 Å². The summed E-state index contributed by atoms with van der Waals surface area (Å²) in [6.07, 6.45) is 2.39. The van der Waals surface area contributed by atoms with Gasteiger partial charge in [0, 0.05) is 30.7 Å². The summed E-state index contributed by atoms with van der Waals surface area (Å²) < 4.78 is 1.61. The van der Waals surface area contributed by atoms with E-state index in [2.05, 4.69) is 30.9 Å². The van der Waals surface area contributed by atoms with Gasteiger partial charge < -0.3 is 20.6 Å². The maximum absolute atomic E-state index is 12.5. The van der Waals surface area contributed by atoms with Crippen LogP contribution in [0.4, 0.5) is 16.4 Å². The van der Waals surface area contributed by atoms with Crippen molar-refractivity contribution in [3.05, 3.63) is 47.1 Å². The fraction of sp³-hybridized carbons (Fsp3) is 0.300. The molecule has 0 saturated carbocycles. The Morgan fingerprint density at radius 1 is 1.29 bits per heavy atom. The predicted octanol–water partition coefficient (Wildman–Crippen LogP) is 2.24. The van der Waals surface area contributed by atoms with Crippen LogP contribution in [-0.4, -0.2) is 57.3 Å². The van der Waals surface area contributed by atoms with Crippen molar-refractivity contribution in [2.24, 2.45) is 0 Å². The van der Waals surface area contributed by atoms with E-state index in [9.17, 15) is 14.7 Å². The number of nitrogens with one attached hydrogen (secondary N) is 3. The molecule has 1 atom stereocenters. The quantitative estimate of drug-likeness (QED) is 0.479. The highest BCUT2D eigenvalue weighted by atomic mass is 35.5. The average molecular weight is 444 g/mol. The third-order valence-corrected chi connectivity index (χ3v) is 5.17. The molecule has 10 nitrogen and oxygen atoms in total. The van der Waals surface area contributed by atoms with Gasteiger partial charge in [0.15, 0.2) is 11.5 Å². The summed E-state index contributed by atoms with van der Waals surface area (Å²) in [5, 5.41) is 23.1. The maximum Gasteiger partial charge on any atom is 0.320 e. The zero-order valence-electron chi connectivity index (χ0n) is 16.8. The molecule has 2 aromatic heterocycles. The second-order valence-corrected chi connectivity index (χ2v) is 7.61. The van der Waals surface area contributed by atoms with Gasteiger partial charge in [-0.25, -0.2) is 14.3 Å². The molecule has 31 heavy (non-hydrogen) atoms. The molecule has 1 saturated heterocycles. The monoisotopic (exact) mass is 443 g/mol. The van der Waals surface area contributed by atoms with Gasteiger partial charge in [-0.05, 0) is 43.7 Å². The van der Waals surface area contributed by atoms with E-state index in [-0.39, 0.29) is 29.3 Å². The zero-order chi connectivity index (χ0) is 22.0. The Hall–Kier alpha value is -3.53. The van der Waals surface area contributed by atoms with E-state index >= 15 is 0 Å². The molecule has 11 heteroatoms. The van der Waals surface area contributed by atoms with Crippen molar-refractivity contribution in [3.8, 4) is 5.75 Å². The largest absolute Gasteiger partial charge is 0.507 e. The Bertz CT molecular complexity index is 1130. The first-order chi connectivity index (χ1) is 14.9. The number of hydrogen-bond donors (Lipinski definition) is 4. The second kappa shape index (κ2) is 8.68. The van der Waals surface area contributed by atoms with Crippen LogP contribution in [0.5, 0.6) is 5.75 Å². The molecule has 0 aliphatic carbocycles. The number of aromatic nitrogens is 3. The number of carbonyl (C=O) groups is 2. The number of phenols is 1. The third-order valence-electron chi connectivity index (χ3n) is 4.94. The predicted molar refractivity (Wildman–Crippen MR) is 117 cm³/mol. The highest BCUT2D eigenvalue weighted by Gasteiger charge is 2.26. The molecular formula is C20H22ClN7O3. The van der Waals surface area contributed by atoms with E-state index in [1.807, 2.05) is 19.1 Å². The van der Waals surface area contributed by atoms with Crippen LogP contribution in [0.2, 0.25) is 5.02 Å². The highest BCUT2D eigenvalue weighted by molar-refractivity contribution is 6.30. The topological polar surface area (TPSA) is 124 Å².